The second kappa shape index (κ2) is 17.3. The van der Waals surface area contributed by atoms with E-state index < -0.39 is 93.1 Å². The maximum Gasteiger partial charge on any atom is 0.460 e. The number of hydrogen-bond donors (Lipinski definition) is 2. The van der Waals surface area contributed by atoms with Crippen molar-refractivity contribution in [2.24, 2.45) is 5.92 Å². The molecule has 0 aromatic heterocycles. The number of benzene rings is 2. The first-order chi connectivity index (χ1) is 24.9. The molecule has 0 saturated heterocycles. The maximum atomic E-state index is 16.7. The maximum absolute atomic E-state index is 16.7. The number of aliphatic hydroxyl groups excluding tert-OH is 2. The number of alkyl halides is 11. The highest BCUT2D eigenvalue weighted by Gasteiger charge is 2.91. The number of allylic oxidation sites excluding steroid dienone is 1. The lowest BCUT2D eigenvalue weighted by molar-refractivity contribution is -0.415. The van der Waals surface area contributed by atoms with Crippen molar-refractivity contribution in [3.8, 4) is 0 Å². The van der Waals surface area contributed by atoms with Gasteiger partial charge in [0.15, 0.2) is 0 Å². The van der Waals surface area contributed by atoms with Crippen molar-refractivity contribution >= 4 is 27.0 Å². The lowest BCUT2D eigenvalue weighted by atomic mass is 9.90. The summed E-state index contributed by atoms with van der Waals surface area (Å²) in [6, 6.07) is 18.0. The van der Waals surface area contributed by atoms with Gasteiger partial charge in [-0.3, -0.25) is 0 Å². The van der Waals surface area contributed by atoms with E-state index in [0.29, 0.717) is 0 Å². The molecule has 0 saturated carbocycles. The molecule has 0 heterocycles. The Morgan fingerprint density at radius 3 is 1.44 bits per heavy atom. The van der Waals surface area contributed by atoms with Crippen molar-refractivity contribution in [1.82, 2.24) is 0 Å². The lowest BCUT2D eigenvalue weighted by Crippen LogP contribution is -2.76. The van der Waals surface area contributed by atoms with Crippen molar-refractivity contribution in [3.05, 3.63) is 72.3 Å². The largest absolute Gasteiger partial charge is 0.460 e. The van der Waals surface area contributed by atoms with Gasteiger partial charge in [0.1, 0.15) is 0 Å². The zero-order valence-electron chi connectivity index (χ0n) is 32.6. The summed E-state index contributed by atoms with van der Waals surface area (Å²) < 4.78 is 175. The Hall–Kier alpha value is -2.32. The molecular weight excluding hydrogens is 786 g/mol. The Kier molecular flexibility index (Phi) is 15.3. The van der Waals surface area contributed by atoms with E-state index in [0.717, 1.165) is 38.1 Å². The molecule has 314 valence electrons. The molecule has 2 aromatic rings. The minimum absolute atomic E-state index is 0.0895. The Morgan fingerprint density at radius 2 is 1.11 bits per heavy atom. The van der Waals surface area contributed by atoms with Gasteiger partial charge in [-0.2, -0.15) is 39.5 Å². The summed E-state index contributed by atoms with van der Waals surface area (Å²) in [4.78, 5) is 0. The highest BCUT2D eigenvalue weighted by molar-refractivity contribution is 6.99. The average molecular weight is 839 g/mol. The van der Waals surface area contributed by atoms with E-state index in [1.165, 1.54) is 26.8 Å². The molecule has 4 unspecified atom stereocenters. The first kappa shape index (κ1) is 48.8. The molecule has 0 aliphatic carbocycles. The molecular formula is C38H53F11O4Si2. The van der Waals surface area contributed by atoms with Crippen molar-refractivity contribution in [2.75, 3.05) is 6.61 Å². The third-order valence-electron chi connectivity index (χ3n) is 10.5. The van der Waals surface area contributed by atoms with Crippen molar-refractivity contribution in [3.63, 3.8) is 0 Å². The van der Waals surface area contributed by atoms with Gasteiger partial charge >= 0.3 is 29.5 Å². The van der Waals surface area contributed by atoms with E-state index in [1.807, 2.05) is 45.0 Å². The third-order valence-corrected chi connectivity index (χ3v) is 20.9. The molecule has 17 heteroatoms. The van der Waals surface area contributed by atoms with Crippen LogP contribution in [0.5, 0.6) is 0 Å². The van der Waals surface area contributed by atoms with Crippen molar-refractivity contribution in [1.29, 1.82) is 0 Å². The minimum Gasteiger partial charge on any atom is -0.404 e. The Morgan fingerprint density at radius 1 is 0.691 bits per heavy atom. The predicted octanol–water partition coefficient (Wildman–Crippen LogP) is 10.1. The van der Waals surface area contributed by atoms with Gasteiger partial charge in [0, 0.05) is 12.3 Å². The van der Waals surface area contributed by atoms with E-state index in [1.54, 1.807) is 36.4 Å². The zero-order valence-corrected chi connectivity index (χ0v) is 34.6. The van der Waals surface area contributed by atoms with Gasteiger partial charge in [-0.25, -0.2) is 8.78 Å². The SMILES string of the molecule is C/C=C(\C)C(O[Si](C(C)C)(C(C)C)C(F)(F)C(F)(F)C(F)(F)C(F)(F)C(F)(F)F)C(C)C(CC(O)CO)O[Si](c1ccccc1)(c1ccccc1)C(C)(C)C. The van der Waals surface area contributed by atoms with Gasteiger partial charge in [0.05, 0.1) is 24.9 Å². The predicted molar refractivity (Wildman–Crippen MR) is 195 cm³/mol. The summed E-state index contributed by atoms with van der Waals surface area (Å²) in [5.74, 6) is -23.7. The standard InChI is InChI=1S/C38H53F11O4Si2/c1-11-26(6)32(53-54(24(2)3,25(4)5)38(48,49)36(43,44)34(39,40)35(41,42)37(45,46)47)27(7)31(22-28(51)23-50)52-55(33(8,9)10,29-18-14-12-15-19-29)30-20-16-13-17-21-30/h11-21,24-25,27-28,31-32,50-51H,22-23H2,1-10H3/b26-11+. The molecule has 0 aliphatic heterocycles. The molecule has 2 rings (SSSR count). The van der Waals surface area contributed by atoms with Gasteiger partial charge in [0.2, 0.25) is 0 Å². The second-order valence-corrected chi connectivity index (χ2v) is 24.7. The van der Waals surface area contributed by atoms with E-state index in [9.17, 15) is 40.9 Å². The number of halogens is 11. The third kappa shape index (κ3) is 8.62. The van der Waals surface area contributed by atoms with Crippen LogP contribution < -0.4 is 10.4 Å². The molecule has 0 aliphatic rings. The van der Waals surface area contributed by atoms with Crippen LogP contribution in [0.4, 0.5) is 48.3 Å². The molecule has 0 fully saturated rings. The summed E-state index contributed by atoms with van der Waals surface area (Å²) in [6.45, 7) is 12.9. The monoisotopic (exact) mass is 838 g/mol. The summed E-state index contributed by atoms with van der Waals surface area (Å²) in [5.41, 5.74) is -9.71. The normalized spacial score (nSPS) is 17.1. The fraction of sp³-hybridized carbons (Fsp3) is 0.632. The van der Waals surface area contributed by atoms with Gasteiger partial charge in [0.25, 0.3) is 16.6 Å². The fourth-order valence-corrected chi connectivity index (χ4v) is 17.1. The summed E-state index contributed by atoms with van der Waals surface area (Å²) >= 11 is 0. The molecule has 4 nitrogen and oxygen atoms in total. The van der Waals surface area contributed by atoms with Crippen molar-refractivity contribution < 1.29 is 67.4 Å². The summed E-state index contributed by atoms with van der Waals surface area (Å²) in [7, 11) is -9.64. The Labute approximate surface area is 318 Å². The van der Waals surface area contributed by atoms with Crippen LogP contribution in [0, 0.1) is 5.92 Å². The molecule has 0 bridgehead atoms. The Balaban J connectivity index is 3.02. The summed E-state index contributed by atoms with van der Waals surface area (Å²) in [5, 5.41) is 21.5. The molecule has 2 aromatic carbocycles. The van der Waals surface area contributed by atoms with E-state index in [4.69, 9.17) is 8.85 Å². The number of hydrogen-bond acceptors (Lipinski definition) is 4. The highest BCUT2D eigenvalue weighted by atomic mass is 28.4. The molecule has 0 spiro atoms. The molecule has 55 heavy (non-hydrogen) atoms. The van der Waals surface area contributed by atoms with Crippen LogP contribution in [0.25, 0.3) is 0 Å². The lowest BCUT2D eigenvalue weighted by Gasteiger charge is -2.51. The average Bonchev–Trinajstić information content (AvgIpc) is 3.08. The van der Waals surface area contributed by atoms with Crippen LogP contribution in [0.1, 0.15) is 75.7 Å². The Bertz CT molecular complexity index is 1500. The van der Waals surface area contributed by atoms with Gasteiger partial charge in [-0.15, -0.1) is 0 Å². The second-order valence-electron chi connectivity index (χ2n) is 15.7. The first-order valence-electron chi connectivity index (χ1n) is 17.9. The van der Waals surface area contributed by atoms with Crippen LogP contribution in [0.3, 0.4) is 0 Å². The van der Waals surface area contributed by atoms with Gasteiger partial charge in [-0.05, 0) is 45.9 Å². The molecule has 0 amide bonds. The van der Waals surface area contributed by atoms with E-state index >= 15 is 17.6 Å². The van der Waals surface area contributed by atoms with Crippen LogP contribution in [-0.4, -0.2) is 81.3 Å². The van der Waals surface area contributed by atoms with E-state index in [2.05, 4.69) is 0 Å². The smallest absolute Gasteiger partial charge is 0.404 e. The van der Waals surface area contributed by atoms with Crippen LogP contribution in [0.15, 0.2) is 72.3 Å². The molecule has 4 atom stereocenters. The zero-order chi connectivity index (χ0) is 42.8. The van der Waals surface area contributed by atoms with Gasteiger partial charge < -0.3 is 19.1 Å². The van der Waals surface area contributed by atoms with Crippen molar-refractivity contribution in [2.45, 2.75) is 140 Å². The fourth-order valence-electron chi connectivity index (χ4n) is 7.37. The van der Waals surface area contributed by atoms with Crippen LogP contribution >= 0.6 is 0 Å². The van der Waals surface area contributed by atoms with Crippen LogP contribution in [0.2, 0.25) is 16.1 Å². The van der Waals surface area contributed by atoms with Gasteiger partial charge in [-0.1, -0.05) is 122 Å². The molecule has 0 radical (unpaired) electrons. The number of rotatable bonds is 18. The number of aliphatic hydroxyl groups is 2. The topological polar surface area (TPSA) is 58.9 Å². The van der Waals surface area contributed by atoms with Crippen LogP contribution in [-0.2, 0) is 8.85 Å². The highest BCUT2D eigenvalue weighted by Crippen LogP contribution is 2.62. The van der Waals surface area contributed by atoms with E-state index in [-0.39, 0.29) is 12.0 Å². The quantitative estimate of drug-likeness (QED) is 0.0892. The summed E-state index contributed by atoms with van der Waals surface area (Å²) in [6.07, 6.45) is -10.8. The minimum atomic E-state index is -7.61. The molecule has 2 N–H and O–H groups in total. The first-order valence-corrected chi connectivity index (χ1v) is 21.8.